The van der Waals surface area contributed by atoms with Crippen LogP contribution in [0.4, 0.5) is 11.5 Å². The predicted molar refractivity (Wildman–Crippen MR) is 102 cm³/mol. The molecule has 7 nitrogen and oxygen atoms in total. The fourth-order valence-corrected chi connectivity index (χ4v) is 3.92. The summed E-state index contributed by atoms with van der Waals surface area (Å²) in [6.45, 7) is 5.00. The molecule has 1 saturated heterocycles. The summed E-state index contributed by atoms with van der Waals surface area (Å²) in [6.07, 6.45) is 6.67. The molecule has 0 aromatic carbocycles. The van der Waals surface area contributed by atoms with Gasteiger partial charge in [0, 0.05) is 43.2 Å². The van der Waals surface area contributed by atoms with E-state index in [1.54, 1.807) is 6.20 Å². The fraction of sp³-hybridized carbons (Fsp3) is 0.500. The number of aromatic nitrogens is 3. The Hall–Kier alpha value is -2.70. The summed E-state index contributed by atoms with van der Waals surface area (Å²) in [6, 6.07) is 4.56. The maximum atomic E-state index is 12.8. The topological polar surface area (TPSA) is 74.2 Å². The zero-order chi connectivity index (χ0) is 18.4. The molecule has 0 unspecified atom stereocenters. The number of fused-ring (bicyclic) bond motifs is 1. The average Bonchev–Trinajstić information content (AvgIpc) is 3.33. The molecular weight excluding hydrogens is 340 g/mol. The summed E-state index contributed by atoms with van der Waals surface area (Å²) < 4.78 is 0. The van der Waals surface area contributed by atoms with Gasteiger partial charge in [0.15, 0.2) is 0 Å². The third-order valence-corrected chi connectivity index (χ3v) is 5.60. The van der Waals surface area contributed by atoms with Crippen molar-refractivity contribution in [2.45, 2.75) is 45.3 Å². The number of nitrogens with one attached hydrogen (secondary N) is 1. The number of hydrogen-bond acceptors (Lipinski definition) is 6. The molecule has 1 aliphatic carbocycles. The van der Waals surface area contributed by atoms with Crippen LogP contribution in [0.3, 0.4) is 0 Å². The van der Waals surface area contributed by atoms with Crippen LogP contribution in [-0.2, 0) is 17.9 Å². The van der Waals surface area contributed by atoms with Gasteiger partial charge in [-0.15, -0.1) is 0 Å². The Bertz CT molecular complexity index is 860. The first kappa shape index (κ1) is 16.5. The summed E-state index contributed by atoms with van der Waals surface area (Å²) in [5, 5.41) is 3.50. The van der Waals surface area contributed by atoms with Gasteiger partial charge in [-0.25, -0.2) is 9.97 Å². The zero-order valence-corrected chi connectivity index (χ0v) is 15.6. The highest BCUT2D eigenvalue weighted by atomic mass is 16.2. The van der Waals surface area contributed by atoms with Crippen molar-refractivity contribution in [3.05, 3.63) is 41.6 Å². The lowest BCUT2D eigenvalue weighted by Crippen LogP contribution is -2.48. The number of pyridine rings is 1. The Morgan fingerprint density at radius 1 is 1.26 bits per heavy atom. The predicted octanol–water partition coefficient (Wildman–Crippen LogP) is 2.12. The summed E-state index contributed by atoms with van der Waals surface area (Å²) >= 11 is 0. The molecule has 5 rings (SSSR count). The van der Waals surface area contributed by atoms with Gasteiger partial charge in [0.05, 0.1) is 30.7 Å². The van der Waals surface area contributed by atoms with E-state index in [0.29, 0.717) is 31.5 Å². The highest BCUT2D eigenvalue weighted by molar-refractivity contribution is 5.78. The van der Waals surface area contributed by atoms with Gasteiger partial charge in [-0.3, -0.25) is 9.78 Å². The Morgan fingerprint density at radius 2 is 2.11 bits per heavy atom. The molecule has 0 radical (unpaired) electrons. The van der Waals surface area contributed by atoms with Crippen molar-refractivity contribution < 1.29 is 4.79 Å². The highest BCUT2D eigenvalue weighted by Crippen LogP contribution is 2.32. The van der Waals surface area contributed by atoms with E-state index in [4.69, 9.17) is 0 Å². The molecule has 27 heavy (non-hydrogen) atoms. The van der Waals surface area contributed by atoms with E-state index in [1.165, 1.54) is 12.8 Å². The van der Waals surface area contributed by atoms with Gasteiger partial charge in [0.25, 0.3) is 0 Å². The Kier molecular flexibility index (Phi) is 3.95. The number of carbonyl (C=O) groups excluding carboxylic acids is 1. The third-order valence-electron chi connectivity index (χ3n) is 5.60. The smallest absolute Gasteiger partial charge is 0.223 e. The van der Waals surface area contributed by atoms with E-state index < -0.39 is 0 Å². The minimum absolute atomic E-state index is 0.221. The molecule has 1 amide bonds. The van der Waals surface area contributed by atoms with Gasteiger partial charge in [0.2, 0.25) is 5.91 Å². The molecule has 0 bridgehead atoms. The van der Waals surface area contributed by atoms with E-state index in [-0.39, 0.29) is 5.91 Å². The molecule has 0 spiro atoms. The van der Waals surface area contributed by atoms with Crippen LogP contribution in [0, 0.1) is 12.8 Å². The lowest BCUT2D eigenvalue weighted by Gasteiger charge is -2.41. The lowest BCUT2D eigenvalue weighted by atomic mass is 9.95. The van der Waals surface area contributed by atoms with Gasteiger partial charge >= 0.3 is 0 Å². The van der Waals surface area contributed by atoms with E-state index >= 15 is 0 Å². The van der Waals surface area contributed by atoms with Crippen molar-refractivity contribution in [3.8, 4) is 0 Å². The van der Waals surface area contributed by atoms with Crippen LogP contribution in [0.2, 0.25) is 0 Å². The van der Waals surface area contributed by atoms with Gasteiger partial charge in [-0.05, 0) is 31.9 Å². The van der Waals surface area contributed by atoms with E-state index in [1.807, 2.05) is 24.1 Å². The number of amides is 1. The molecule has 1 N–H and O–H groups in total. The van der Waals surface area contributed by atoms with Crippen LogP contribution in [0.15, 0.2) is 24.5 Å². The van der Waals surface area contributed by atoms with Crippen molar-refractivity contribution in [2.24, 2.45) is 5.92 Å². The first-order valence-electron chi connectivity index (χ1n) is 9.71. The summed E-state index contributed by atoms with van der Waals surface area (Å²) in [5.41, 5.74) is 3.24. The normalized spacial score (nSPS) is 19.0. The van der Waals surface area contributed by atoms with Crippen molar-refractivity contribution in [1.29, 1.82) is 0 Å². The average molecular weight is 364 g/mol. The Balaban J connectivity index is 1.20. The van der Waals surface area contributed by atoms with Gasteiger partial charge in [0.1, 0.15) is 11.6 Å². The number of nitrogens with zero attached hydrogens (tertiary/aromatic N) is 5. The molecule has 7 heteroatoms. The summed E-state index contributed by atoms with van der Waals surface area (Å²) in [4.78, 5) is 30.3. The van der Waals surface area contributed by atoms with Crippen LogP contribution >= 0.6 is 0 Å². The second-order valence-corrected chi connectivity index (χ2v) is 7.90. The monoisotopic (exact) mass is 364 g/mol. The van der Waals surface area contributed by atoms with Crippen molar-refractivity contribution >= 4 is 17.4 Å². The Morgan fingerprint density at radius 3 is 2.85 bits per heavy atom. The third kappa shape index (κ3) is 3.34. The molecule has 3 aliphatic rings. The molecule has 140 valence electrons. The second-order valence-electron chi connectivity index (χ2n) is 7.90. The van der Waals surface area contributed by atoms with E-state index in [9.17, 15) is 4.79 Å². The van der Waals surface area contributed by atoms with Crippen LogP contribution in [0.1, 0.15) is 36.3 Å². The van der Waals surface area contributed by atoms with Crippen LogP contribution in [0.25, 0.3) is 0 Å². The van der Waals surface area contributed by atoms with Crippen molar-refractivity contribution in [3.63, 3.8) is 0 Å². The number of hydrogen-bond donors (Lipinski definition) is 1. The Labute approximate surface area is 158 Å². The summed E-state index contributed by atoms with van der Waals surface area (Å²) in [7, 11) is 0. The molecule has 2 aromatic heterocycles. The minimum atomic E-state index is 0.221. The second kappa shape index (κ2) is 6.48. The fourth-order valence-electron chi connectivity index (χ4n) is 3.92. The largest absolute Gasteiger partial charge is 0.370 e. The lowest BCUT2D eigenvalue weighted by molar-refractivity contribution is -0.133. The van der Waals surface area contributed by atoms with Gasteiger partial charge in [-0.2, -0.15) is 0 Å². The minimum Gasteiger partial charge on any atom is -0.370 e. The van der Waals surface area contributed by atoms with Crippen LogP contribution < -0.4 is 10.2 Å². The van der Waals surface area contributed by atoms with E-state index in [0.717, 1.165) is 41.7 Å². The quantitative estimate of drug-likeness (QED) is 0.876. The molecule has 2 fully saturated rings. The van der Waals surface area contributed by atoms with Gasteiger partial charge in [-0.1, -0.05) is 0 Å². The number of aryl methyl sites for hydroxylation is 1. The number of rotatable bonds is 5. The summed E-state index contributed by atoms with van der Waals surface area (Å²) in [5.74, 6) is 2.34. The molecular formula is C20H24N6O. The maximum absolute atomic E-state index is 12.8. The maximum Gasteiger partial charge on any atom is 0.223 e. The van der Waals surface area contributed by atoms with Crippen LogP contribution in [-0.4, -0.2) is 44.9 Å². The molecule has 0 atom stereocenters. The molecule has 4 heterocycles. The van der Waals surface area contributed by atoms with Crippen LogP contribution in [0.5, 0.6) is 0 Å². The highest BCUT2D eigenvalue weighted by Gasteiger charge is 2.34. The molecule has 2 aromatic rings. The van der Waals surface area contributed by atoms with E-state index in [2.05, 4.69) is 31.2 Å². The van der Waals surface area contributed by atoms with Gasteiger partial charge < -0.3 is 15.1 Å². The molecule has 1 saturated carbocycles. The first-order valence-corrected chi connectivity index (χ1v) is 9.71. The molecule has 2 aliphatic heterocycles. The first-order chi connectivity index (χ1) is 13.2. The number of carbonyl (C=O) groups is 1. The standard InChI is InChI=1S/C20H24N6O/c1-13-22-18-12-26(11-17(18)20(23-13)24-15-4-5-15)19(27)7-14-9-25(10-14)16-3-2-6-21-8-16/h2-3,6,8,14-15H,4-5,7,9-12H2,1H3,(H,22,23,24). The van der Waals surface area contributed by atoms with Crippen molar-refractivity contribution in [2.75, 3.05) is 23.3 Å². The van der Waals surface area contributed by atoms with Crippen molar-refractivity contribution in [1.82, 2.24) is 19.9 Å². The SMILES string of the molecule is Cc1nc2c(c(NC3CC3)n1)CN(C(=O)CC1CN(c3cccnc3)C1)C2. The number of anilines is 2. The zero-order valence-electron chi connectivity index (χ0n) is 15.6.